The average molecular weight is 479 g/mol. The maximum Gasteiger partial charge on any atom is 0.279 e. The van der Waals surface area contributed by atoms with Crippen molar-refractivity contribution in [3.63, 3.8) is 0 Å². The monoisotopic (exact) mass is 478 g/mol. The smallest absolute Gasteiger partial charge is 0.279 e. The van der Waals surface area contributed by atoms with E-state index in [-0.39, 0.29) is 5.91 Å². The first-order valence-electron chi connectivity index (χ1n) is 9.91. The summed E-state index contributed by atoms with van der Waals surface area (Å²) in [5.41, 5.74) is 2.37. The molecule has 2 aromatic carbocycles. The minimum Gasteiger partial charge on any atom is -0.497 e. The normalized spacial score (nSPS) is 11.6. The summed E-state index contributed by atoms with van der Waals surface area (Å²) in [6.45, 7) is 4.81. The molecule has 0 saturated heterocycles. The largest absolute Gasteiger partial charge is 0.497 e. The van der Waals surface area contributed by atoms with Crippen LogP contribution in [0.3, 0.4) is 0 Å². The van der Waals surface area contributed by atoms with Crippen LogP contribution in [0.4, 0.5) is 0 Å². The van der Waals surface area contributed by atoms with Crippen LogP contribution in [0.2, 0.25) is 10.0 Å². The molecule has 0 aliphatic carbocycles. The Labute approximate surface area is 195 Å². The van der Waals surface area contributed by atoms with Gasteiger partial charge in [0.2, 0.25) is 0 Å². The van der Waals surface area contributed by atoms with Gasteiger partial charge in [-0.15, -0.1) is 11.3 Å². The molecule has 0 spiro atoms. The van der Waals surface area contributed by atoms with Crippen LogP contribution in [0.25, 0.3) is 11.3 Å². The van der Waals surface area contributed by atoms with E-state index in [9.17, 15) is 4.79 Å². The van der Waals surface area contributed by atoms with Crippen LogP contribution in [-0.4, -0.2) is 24.7 Å². The van der Waals surface area contributed by atoms with Gasteiger partial charge in [0.25, 0.3) is 5.91 Å². The van der Waals surface area contributed by atoms with Crippen molar-refractivity contribution in [3.8, 4) is 22.8 Å². The van der Waals surface area contributed by atoms with Gasteiger partial charge in [0.1, 0.15) is 11.5 Å². The van der Waals surface area contributed by atoms with Crippen LogP contribution in [0.15, 0.2) is 41.4 Å². The van der Waals surface area contributed by atoms with Crippen LogP contribution < -0.4 is 14.3 Å². The summed E-state index contributed by atoms with van der Waals surface area (Å²) in [6.07, 6.45) is 1.84. The number of amides is 1. The first kappa shape index (κ1) is 23.4. The highest BCUT2D eigenvalue weighted by Gasteiger charge is 2.17. The molecule has 31 heavy (non-hydrogen) atoms. The predicted octanol–water partition coefficient (Wildman–Crippen LogP) is 6.25. The van der Waals surface area contributed by atoms with Gasteiger partial charge in [0.05, 0.1) is 30.0 Å². The van der Waals surface area contributed by atoms with E-state index in [1.807, 2.05) is 23.6 Å². The number of aromatic nitrogens is 1. The Morgan fingerprint density at radius 2 is 1.71 bits per heavy atom. The standard InChI is InChI=1S/C23H24Cl2N2O3S/c1-5-7-20-21(14-8-9-18(24)19(25)12-14)27(6-2)23(31-20)26-22(28)15-10-16(29-3)13-17(11-15)30-4/h8-13H,5-7H2,1-4H3. The Morgan fingerprint density at radius 3 is 2.26 bits per heavy atom. The summed E-state index contributed by atoms with van der Waals surface area (Å²) in [6, 6.07) is 10.6. The molecule has 8 heteroatoms. The fourth-order valence-corrected chi connectivity index (χ4v) is 4.88. The molecule has 0 bridgehead atoms. The molecular weight excluding hydrogens is 455 g/mol. The lowest BCUT2D eigenvalue weighted by Crippen LogP contribution is -2.17. The van der Waals surface area contributed by atoms with Gasteiger partial charge in [-0.25, -0.2) is 0 Å². The molecule has 0 aliphatic rings. The number of carbonyl (C=O) groups excluding carboxylic acids is 1. The number of carbonyl (C=O) groups is 1. The van der Waals surface area contributed by atoms with E-state index < -0.39 is 0 Å². The molecule has 3 rings (SSSR count). The molecule has 5 nitrogen and oxygen atoms in total. The van der Waals surface area contributed by atoms with Crippen molar-refractivity contribution in [2.75, 3.05) is 14.2 Å². The van der Waals surface area contributed by atoms with Crippen molar-refractivity contribution in [2.45, 2.75) is 33.2 Å². The molecule has 164 valence electrons. The van der Waals surface area contributed by atoms with E-state index in [4.69, 9.17) is 32.7 Å². The molecule has 0 fully saturated rings. The van der Waals surface area contributed by atoms with Crippen molar-refractivity contribution >= 4 is 40.4 Å². The zero-order valence-corrected chi connectivity index (χ0v) is 20.2. The van der Waals surface area contributed by atoms with Crippen LogP contribution in [-0.2, 0) is 13.0 Å². The number of aryl methyl sites for hydroxylation is 1. The summed E-state index contributed by atoms with van der Waals surface area (Å²) in [5.74, 6) is 0.718. The second-order valence-corrected chi connectivity index (χ2v) is 8.67. The third-order valence-corrected chi connectivity index (χ3v) is 6.64. The van der Waals surface area contributed by atoms with Crippen LogP contribution in [0, 0.1) is 0 Å². The fourth-order valence-electron chi connectivity index (χ4n) is 3.28. The van der Waals surface area contributed by atoms with Crippen LogP contribution in [0.5, 0.6) is 11.5 Å². The van der Waals surface area contributed by atoms with E-state index in [1.54, 1.807) is 38.5 Å². The Hall–Kier alpha value is -2.28. The quantitative estimate of drug-likeness (QED) is 0.402. The van der Waals surface area contributed by atoms with Crippen LogP contribution >= 0.6 is 34.5 Å². The summed E-state index contributed by atoms with van der Waals surface area (Å²) in [7, 11) is 3.09. The highest BCUT2D eigenvalue weighted by molar-refractivity contribution is 7.09. The molecule has 0 unspecified atom stereocenters. The molecule has 0 aliphatic heterocycles. The van der Waals surface area contributed by atoms with Gasteiger partial charge in [-0.2, -0.15) is 4.99 Å². The van der Waals surface area contributed by atoms with Crippen molar-refractivity contribution < 1.29 is 14.3 Å². The van der Waals surface area contributed by atoms with Gasteiger partial charge in [0.15, 0.2) is 4.80 Å². The maximum atomic E-state index is 13.0. The molecular formula is C23H24Cl2N2O3S. The summed E-state index contributed by atoms with van der Waals surface area (Å²) < 4.78 is 12.6. The Bertz CT molecular complexity index is 1150. The van der Waals surface area contributed by atoms with E-state index in [0.717, 1.165) is 29.0 Å². The second-order valence-electron chi connectivity index (χ2n) is 6.80. The SMILES string of the molecule is CCCc1sc(=NC(=O)c2cc(OC)cc(OC)c2)n(CC)c1-c1ccc(Cl)c(Cl)c1. The summed E-state index contributed by atoms with van der Waals surface area (Å²) in [4.78, 5) is 19.2. The molecule has 0 N–H and O–H groups in total. The number of hydrogen-bond donors (Lipinski definition) is 0. The molecule has 0 radical (unpaired) electrons. The second kappa shape index (κ2) is 10.4. The molecule has 0 atom stereocenters. The highest BCUT2D eigenvalue weighted by Crippen LogP contribution is 2.32. The zero-order valence-electron chi connectivity index (χ0n) is 17.9. The van der Waals surface area contributed by atoms with Crippen molar-refractivity contribution in [1.82, 2.24) is 4.57 Å². The minimum atomic E-state index is -0.357. The Morgan fingerprint density at radius 1 is 1.03 bits per heavy atom. The lowest BCUT2D eigenvalue weighted by atomic mass is 10.1. The van der Waals surface area contributed by atoms with E-state index >= 15 is 0 Å². The number of ether oxygens (including phenoxy) is 2. The predicted molar refractivity (Wildman–Crippen MR) is 127 cm³/mol. The first-order valence-corrected chi connectivity index (χ1v) is 11.5. The maximum absolute atomic E-state index is 13.0. The average Bonchev–Trinajstić information content (AvgIpc) is 3.12. The highest BCUT2D eigenvalue weighted by atomic mass is 35.5. The summed E-state index contributed by atoms with van der Waals surface area (Å²) in [5, 5.41) is 1.00. The lowest BCUT2D eigenvalue weighted by molar-refractivity contribution is 0.0997. The van der Waals surface area contributed by atoms with Crippen molar-refractivity contribution in [2.24, 2.45) is 4.99 Å². The zero-order chi connectivity index (χ0) is 22.5. The Balaban J connectivity index is 2.16. The number of benzene rings is 2. The fraction of sp³-hybridized carbons (Fsp3) is 0.304. The van der Waals surface area contributed by atoms with Gasteiger partial charge in [-0.05, 0) is 37.6 Å². The topological polar surface area (TPSA) is 52.8 Å². The number of thiazole rings is 1. The van der Waals surface area contributed by atoms with E-state index in [1.165, 1.54) is 11.3 Å². The number of halogens is 2. The number of rotatable bonds is 7. The third kappa shape index (κ3) is 5.14. The van der Waals surface area contributed by atoms with Crippen molar-refractivity contribution in [1.29, 1.82) is 0 Å². The summed E-state index contributed by atoms with van der Waals surface area (Å²) >= 11 is 13.9. The van der Waals surface area contributed by atoms with Gasteiger partial charge >= 0.3 is 0 Å². The Kier molecular flexibility index (Phi) is 7.81. The molecule has 1 heterocycles. The number of nitrogens with zero attached hydrogens (tertiary/aromatic N) is 2. The minimum absolute atomic E-state index is 0.357. The van der Waals surface area contributed by atoms with Gasteiger partial charge in [0, 0.05) is 28.6 Å². The third-order valence-electron chi connectivity index (χ3n) is 4.76. The number of methoxy groups -OCH3 is 2. The van der Waals surface area contributed by atoms with Gasteiger partial charge in [-0.1, -0.05) is 42.6 Å². The van der Waals surface area contributed by atoms with E-state index in [0.29, 0.717) is 38.5 Å². The van der Waals surface area contributed by atoms with Crippen molar-refractivity contribution in [3.05, 3.63) is 61.7 Å². The van der Waals surface area contributed by atoms with Gasteiger partial charge < -0.3 is 14.0 Å². The molecule has 0 saturated carbocycles. The number of hydrogen-bond acceptors (Lipinski definition) is 4. The molecule has 3 aromatic rings. The molecule has 1 aromatic heterocycles. The van der Waals surface area contributed by atoms with E-state index in [2.05, 4.69) is 11.9 Å². The first-order chi connectivity index (χ1) is 14.9. The lowest BCUT2D eigenvalue weighted by Gasteiger charge is -2.10. The van der Waals surface area contributed by atoms with Gasteiger partial charge in [-0.3, -0.25) is 4.79 Å². The van der Waals surface area contributed by atoms with Crippen LogP contribution in [0.1, 0.15) is 35.5 Å². The molecule has 1 amide bonds.